The molecular weight excluding hydrogens is 282 g/mol. The van der Waals surface area contributed by atoms with E-state index < -0.39 is 0 Å². The van der Waals surface area contributed by atoms with Gasteiger partial charge in [-0.2, -0.15) is 0 Å². The largest absolute Gasteiger partial charge is 0.355 e. The summed E-state index contributed by atoms with van der Waals surface area (Å²) >= 11 is 6.20. The maximum absolute atomic E-state index is 6.20. The van der Waals surface area contributed by atoms with Gasteiger partial charge in [0.25, 0.3) is 0 Å². The SMILES string of the molecule is CCNCc1nc(N(C)Cc2ccccc2C)ccc1Cl. The van der Waals surface area contributed by atoms with Crippen molar-refractivity contribution in [2.45, 2.75) is 26.9 Å². The van der Waals surface area contributed by atoms with E-state index in [2.05, 4.69) is 60.4 Å². The van der Waals surface area contributed by atoms with Crippen LogP contribution in [-0.4, -0.2) is 18.6 Å². The first-order valence-corrected chi connectivity index (χ1v) is 7.61. The van der Waals surface area contributed by atoms with Crippen LogP contribution in [0.5, 0.6) is 0 Å². The van der Waals surface area contributed by atoms with Gasteiger partial charge in [0.05, 0.1) is 10.7 Å². The van der Waals surface area contributed by atoms with Crippen LogP contribution in [0.1, 0.15) is 23.7 Å². The topological polar surface area (TPSA) is 28.2 Å². The van der Waals surface area contributed by atoms with Crippen LogP contribution in [0.2, 0.25) is 5.02 Å². The van der Waals surface area contributed by atoms with Crippen molar-refractivity contribution in [3.05, 3.63) is 58.2 Å². The van der Waals surface area contributed by atoms with Gasteiger partial charge in [0, 0.05) is 20.1 Å². The Morgan fingerprint density at radius 3 is 2.67 bits per heavy atom. The number of benzene rings is 1. The van der Waals surface area contributed by atoms with E-state index in [0.717, 1.165) is 24.6 Å². The van der Waals surface area contributed by atoms with Gasteiger partial charge in [0.2, 0.25) is 0 Å². The third-order valence-electron chi connectivity index (χ3n) is 3.51. The summed E-state index contributed by atoms with van der Waals surface area (Å²) in [6.07, 6.45) is 0. The number of hydrogen-bond donors (Lipinski definition) is 1. The molecule has 0 saturated carbocycles. The zero-order valence-corrected chi connectivity index (χ0v) is 13.6. The number of halogens is 1. The monoisotopic (exact) mass is 303 g/mol. The van der Waals surface area contributed by atoms with Gasteiger partial charge in [-0.3, -0.25) is 0 Å². The average molecular weight is 304 g/mol. The Labute approximate surface area is 132 Å². The van der Waals surface area contributed by atoms with Crippen molar-refractivity contribution in [2.75, 3.05) is 18.5 Å². The molecule has 1 aromatic carbocycles. The van der Waals surface area contributed by atoms with Gasteiger partial charge < -0.3 is 10.2 Å². The summed E-state index contributed by atoms with van der Waals surface area (Å²) in [6, 6.07) is 12.3. The lowest BCUT2D eigenvalue weighted by atomic mass is 10.1. The molecule has 0 amide bonds. The van der Waals surface area contributed by atoms with Gasteiger partial charge in [0.15, 0.2) is 0 Å². The van der Waals surface area contributed by atoms with E-state index in [-0.39, 0.29) is 0 Å². The zero-order chi connectivity index (χ0) is 15.2. The number of nitrogens with zero attached hydrogens (tertiary/aromatic N) is 2. The predicted octanol–water partition coefficient (Wildman–Crippen LogP) is 3.79. The van der Waals surface area contributed by atoms with E-state index in [9.17, 15) is 0 Å². The Balaban J connectivity index is 2.15. The van der Waals surface area contributed by atoms with E-state index in [1.165, 1.54) is 11.1 Å². The molecule has 2 aromatic rings. The summed E-state index contributed by atoms with van der Waals surface area (Å²) in [7, 11) is 2.06. The number of hydrogen-bond acceptors (Lipinski definition) is 3. The fourth-order valence-electron chi connectivity index (χ4n) is 2.18. The smallest absolute Gasteiger partial charge is 0.129 e. The lowest BCUT2D eigenvalue weighted by Crippen LogP contribution is -2.20. The first-order chi connectivity index (χ1) is 10.1. The fourth-order valence-corrected chi connectivity index (χ4v) is 2.35. The lowest BCUT2D eigenvalue weighted by molar-refractivity contribution is 0.708. The van der Waals surface area contributed by atoms with Crippen LogP contribution < -0.4 is 10.2 Å². The van der Waals surface area contributed by atoms with E-state index in [1.807, 2.05) is 12.1 Å². The molecular formula is C17H22ClN3. The third kappa shape index (κ3) is 4.19. The molecule has 0 fully saturated rings. The number of aromatic nitrogens is 1. The quantitative estimate of drug-likeness (QED) is 0.880. The van der Waals surface area contributed by atoms with Crippen LogP contribution in [0.25, 0.3) is 0 Å². The van der Waals surface area contributed by atoms with Gasteiger partial charge in [-0.25, -0.2) is 4.98 Å². The van der Waals surface area contributed by atoms with Crippen molar-refractivity contribution in [3.8, 4) is 0 Å². The summed E-state index contributed by atoms with van der Waals surface area (Å²) in [6.45, 7) is 6.64. The molecule has 4 heteroatoms. The number of nitrogens with one attached hydrogen (secondary N) is 1. The van der Waals surface area contributed by atoms with Gasteiger partial charge >= 0.3 is 0 Å². The van der Waals surface area contributed by atoms with E-state index in [0.29, 0.717) is 11.6 Å². The molecule has 1 aromatic heterocycles. The minimum absolute atomic E-state index is 0.696. The second-order valence-electron chi connectivity index (χ2n) is 5.16. The van der Waals surface area contributed by atoms with E-state index in [1.54, 1.807) is 0 Å². The summed E-state index contributed by atoms with van der Waals surface area (Å²) in [5, 5.41) is 3.98. The van der Waals surface area contributed by atoms with Crippen molar-refractivity contribution >= 4 is 17.4 Å². The summed E-state index contributed by atoms with van der Waals surface area (Å²) < 4.78 is 0. The summed E-state index contributed by atoms with van der Waals surface area (Å²) in [5.74, 6) is 0.940. The Morgan fingerprint density at radius 2 is 1.95 bits per heavy atom. The highest BCUT2D eigenvalue weighted by Gasteiger charge is 2.09. The number of anilines is 1. The van der Waals surface area contributed by atoms with Crippen molar-refractivity contribution in [2.24, 2.45) is 0 Å². The van der Waals surface area contributed by atoms with Crippen LogP contribution in [0.4, 0.5) is 5.82 Å². The van der Waals surface area contributed by atoms with Gasteiger partial charge in [-0.05, 0) is 36.7 Å². The zero-order valence-electron chi connectivity index (χ0n) is 12.9. The molecule has 2 rings (SSSR count). The molecule has 0 bridgehead atoms. The number of pyridine rings is 1. The number of aryl methyl sites for hydroxylation is 1. The minimum Gasteiger partial charge on any atom is -0.355 e. The molecule has 0 radical (unpaired) electrons. The van der Waals surface area contributed by atoms with Gasteiger partial charge in [-0.15, -0.1) is 0 Å². The third-order valence-corrected chi connectivity index (χ3v) is 3.85. The van der Waals surface area contributed by atoms with Gasteiger partial charge in [-0.1, -0.05) is 42.8 Å². The molecule has 0 unspecified atom stereocenters. The molecule has 0 aliphatic carbocycles. The standard InChI is InChI=1S/C17H22ClN3/c1-4-19-11-16-15(18)9-10-17(20-16)21(3)12-14-8-6-5-7-13(14)2/h5-10,19H,4,11-12H2,1-3H3. The molecule has 0 aliphatic rings. The Bertz CT molecular complexity index is 598. The second kappa shape index (κ2) is 7.43. The highest BCUT2D eigenvalue weighted by atomic mass is 35.5. The first-order valence-electron chi connectivity index (χ1n) is 7.23. The molecule has 1 N–H and O–H groups in total. The predicted molar refractivity (Wildman–Crippen MR) is 89.9 cm³/mol. The molecule has 0 spiro atoms. The van der Waals surface area contributed by atoms with Crippen LogP contribution in [0.3, 0.4) is 0 Å². The normalized spacial score (nSPS) is 10.7. The van der Waals surface area contributed by atoms with E-state index >= 15 is 0 Å². The maximum Gasteiger partial charge on any atom is 0.129 e. The Hall–Kier alpha value is -1.58. The molecule has 1 heterocycles. The second-order valence-corrected chi connectivity index (χ2v) is 5.57. The van der Waals surface area contributed by atoms with Crippen molar-refractivity contribution in [3.63, 3.8) is 0 Å². The maximum atomic E-state index is 6.20. The highest BCUT2D eigenvalue weighted by Crippen LogP contribution is 2.20. The van der Waals surface area contributed by atoms with Crippen LogP contribution in [-0.2, 0) is 13.1 Å². The van der Waals surface area contributed by atoms with Crippen molar-refractivity contribution < 1.29 is 0 Å². The molecule has 21 heavy (non-hydrogen) atoms. The molecule has 3 nitrogen and oxygen atoms in total. The molecule has 0 aliphatic heterocycles. The summed E-state index contributed by atoms with van der Waals surface area (Å²) in [5.41, 5.74) is 3.50. The lowest BCUT2D eigenvalue weighted by Gasteiger charge is -2.20. The number of rotatable bonds is 6. The van der Waals surface area contributed by atoms with E-state index in [4.69, 9.17) is 11.6 Å². The average Bonchev–Trinajstić information content (AvgIpc) is 2.48. The fraction of sp³-hybridized carbons (Fsp3) is 0.353. The van der Waals surface area contributed by atoms with Crippen molar-refractivity contribution in [1.29, 1.82) is 0 Å². The minimum atomic E-state index is 0.696. The Morgan fingerprint density at radius 1 is 1.19 bits per heavy atom. The Kier molecular flexibility index (Phi) is 5.59. The molecule has 0 atom stereocenters. The van der Waals surface area contributed by atoms with Crippen LogP contribution >= 0.6 is 11.6 Å². The van der Waals surface area contributed by atoms with Crippen LogP contribution in [0.15, 0.2) is 36.4 Å². The van der Waals surface area contributed by atoms with Crippen LogP contribution in [0, 0.1) is 6.92 Å². The molecule has 0 saturated heterocycles. The summed E-state index contributed by atoms with van der Waals surface area (Å²) in [4.78, 5) is 6.81. The first kappa shape index (κ1) is 15.8. The highest BCUT2D eigenvalue weighted by molar-refractivity contribution is 6.31. The molecule has 112 valence electrons. The van der Waals surface area contributed by atoms with Crippen molar-refractivity contribution in [1.82, 2.24) is 10.3 Å². The van der Waals surface area contributed by atoms with Gasteiger partial charge in [0.1, 0.15) is 5.82 Å².